The molecule has 8 heteroatoms. The lowest BCUT2D eigenvalue weighted by atomic mass is 10.1. The first kappa shape index (κ1) is 19.6. The van der Waals surface area contributed by atoms with Crippen LogP contribution in [0.15, 0.2) is 65.7 Å². The molecule has 6 nitrogen and oxygen atoms in total. The molecule has 0 atom stereocenters. The Balaban J connectivity index is 2.03. The molecule has 0 aliphatic carbocycles. The van der Waals surface area contributed by atoms with Gasteiger partial charge in [-0.15, -0.1) is 0 Å². The van der Waals surface area contributed by atoms with Crippen LogP contribution in [-0.2, 0) is 14.8 Å². The lowest BCUT2D eigenvalue weighted by molar-refractivity contribution is -0.122. The molecule has 1 heterocycles. The Morgan fingerprint density at radius 1 is 1.14 bits per heavy atom. The number of ether oxygens (including phenoxy) is 1. The summed E-state index contributed by atoms with van der Waals surface area (Å²) in [6.45, 7) is 1.50. The standard InChI is InChI=1S/C20H19FN2O4S/c1-14-10-19(17-8-3-4-9-18(17)21)23(12-14)28(25,26)16-7-5-6-15(11-16)27-13-20(24)22-2/h3-12H,13H2,1-2H3,(H,22,24). The summed E-state index contributed by atoms with van der Waals surface area (Å²) in [5.74, 6) is -0.614. The molecule has 146 valence electrons. The fourth-order valence-corrected chi connectivity index (χ4v) is 4.15. The summed E-state index contributed by atoms with van der Waals surface area (Å²) in [5.41, 5.74) is 1.09. The Morgan fingerprint density at radius 3 is 2.61 bits per heavy atom. The van der Waals surface area contributed by atoms with Gasteiger partial charge in [-0.05, 0) is 42.8 Å². The minimum absolute atomic E-state index is 0.0323. The molecule has 0 saturated heterocycles. The van der Waals surface area contributed by atoms with Crippen LogP contribution in [0.2, 0.25) is 0 Å². The third-order valence-corrected chi connectivity index (χ3v) is 5.75. The van der Waals surface area contributed by atoms with Crippen LogP contribution in [0.1, 0.15) is 5.56 Å². The molecule has 1 aromatic heterocycles. The van der Waals surface area contributed by atoms with Crippen LogP contribution in [0.25, 0.3) is 11.3 Å². The summed E-state index contributed by atoms with van der Waals surface area (Å²) < 4.78 is 47.1. The quantitative estimate of drug-likeness (QED) is 0.688. The van der Waals surface area contributed by atoms with E-state index in [1.807, 2.05) is 0 Å². The Hall–Kier alpha value is -3.13. The SMILES string of the molecule is CNC(=O)COc1cccc(S(=O)(=O)n2cc(C)cc2-c2ccccc2F)c1. The molecule has 3 aromatic rings. The Labute approximate surface area is 162 Å². The molecule has 2 aromatic carbocycles. The summed E-state index contributed by atoms with van der Waals surface area (Å²) in [6, 6.07) is 13.4. The average molecular weight is 402 g/mol. The number of amides is 1. The van der Waals surface area contributed by atoms with Gasteiger partial charge < -0.3 is 10.1 Å². The normalized spacial score (nSPS) is 11.2. The van der Waals surface area contributed by atoms with Crippen LogP contribution < -0.4 is 10.1 Å². The Kier molecular flexibility index (Phi) is 5.51. The van der Waals surface area contributed by atoms with Gasteiger partial charge in [0.05, 0.1) is 10.6 Å². The van der Waals surface area contributed by atoms with E-state index in [9.17, 15) is 17.6 Å². The molecule has 0 aliphatic heterocycles. The van der Waals surface area contributed by atoms with Gasteiger partial charge in [-0.25, -0.2) is 16.8 Å². The maximum Gasteiger partial charge on any atom is 0.268 e. The lowest BCUT2D eigenvalue weighted by Crippen LogP contribution is -2.24. The summed E-state index contributed by atoms with van der Waals surface area (Å²) in [6.07, 6.45) is 1.44. The fraction of sp³-hybridized carbons (Fsp3) is 0.150. The number of nitrogens with zero attached hydrogens (tertiary/aromatic N) is 1. The number of halogens is 1. The highest BCUT2D eigenvalue weighted by atomic mass is 32.2. The fourth-order valence-electron chi connectivity index (χ4n) is 2.69. The van der Waals surface area contributed by atoms with Gasteiger partial charge >= 0.3 is 0 Å². The zero-order chi connectivity index (χ0) is 20.3. The third-order valence-electron chi connectivity index (χ3n) is 4.08. The van der Waals surface area contributed by atoms with E-state index in [-0.39, 0.29) is 34.4 Å². The minimum Gasteiger partial charge on any atom is -0.484 e. The second-order valence-electron chi connectivity index (χ2n) is 6.12. The van der Waals surface area contributed by atoms with E-state index in [1.54, 1.807) is 31.2 Å². The van der Waals surface area contributed by atoms with Gasteiger partial charge in [0.1, 0.15) is 11.6 Å². The van der Waals surface area contributed by atoms with Gasteiger partial charge in [0.15, 0.2) is 6.61 Å². The largest absolute Gasteiger partial charge is 0.484 e. The van der Waals surface area contributed by atoms with Crippen molar-refractivity contribution in [3.05, 3.63) is 72.2 Å². The predicted molar refractivity (Wildman–Crippen MR) is 103 cm³/mol. The van der Waals surface area contributed by atoms with Gasteiger partial charge in [0, 0.05) is 24.9 Å². The maximum atomic E-state index is 14.3. The van der Waals surface area contributed by atoms with E-state index in [0.29, 0.717) is 5.56 Å². The monoisotopic (exact) mass is 402 g/mol. The van der Waals surface area contributed by atoms with Crippen molar-refractivity contribution < 1.29 is 22.3 Å². The number of aryl methyl sites for hydroxylation is 1. The van der Waals surface area contributed by atoms with Gasteiger partial charge in [0.25, 0.3) is 15.9 Å². The summed E-state index contributed by atoms with van der Waals surface area (Å²) in [4.78, 5) is 11.3. The van der Waals surface area contributed by atoms with Crippen LogP contribution in [0.5, 0.6) is 5.75 Å². The molecule has 1 amide bonds. The van der Waals surface area contributed by atoms with Crippen molar-refractivity contribution >= 4 is 15.9 Å². The van der Waals surface area contributed by atoms with E-state index in [4.69, 9.17) is 4.74 Å². The van der Waals surface area contributed by atoms with Crippen molar-refractivity contribution in [3.8, 4) is 17.0 Å². The topological polar surface area (TPSA) is 77.4 Å². The number of carbonyl (C=O) groups excluding carboxylic acids is 1. The maximum absolute atomic E-state index is 14.3. The highest BCUT2D eigenvalue weighted by Gasteiger charge is 2.23. The van der Waals surface area contributed by atoms with Crippen molar-refractivity contribution in [2.24, 2.45) is 0 Å². The highest BCUT2D eigenvalue weighted by Crippen LogP contribution is 2.29. The molecule has 0 fully saturated rings. The number of carbonyl (C=O) groups is 1. The zero-order valence-corrected chi connectivity index (χ0v) is 16.2. The summed E-state index contributed by atoms with van der Waals surface area (Å²) in [7, 11) is -2.53. The Bertz CT molecular complexity index is 1120. The number of hydrogen-bond donors (Lipinski definition) is 1. The van der Waals surface area contributed by atoms with Crippen molar-refractivity contribution in [1.82, 2.24) is 9.29 Å². The van der Waals surface area contributed by atoms with Crippen LogP contribution in [0.3, 0.4) is 0 Å². The highest BCUT2D eigenvalue weighted by molar-refractivity contribution is 7.90. The van der Waals surface area contributed by atoms with Crippen LogP contribution >= 0.6 is 0 Å². The van der Waals surface area contributed by atoms with Gasteiger partial charge in [-0.1, -0.05) is 18.2 Å². The smallest absolute Gasteiger partial charge is 0.268 e. The van der Waals surface area contributed by atoms with E-state index in [2.05, 4.69) is 5.32 Å². The molecule has 0 unspecified atom stereocenters. The van der Waals surface area contributed by atoms with Crippen molar-refractivity contribution in [2.75, 3.05) is 13.7 Å². The molecular formula is C20H19FN2O4S. The number of likely N-dealkylation sites (N-methyl/N-ethyl adjacent to an activating group) is 1. The molecule has 0 radical (unpaired) electrons. The molecule has 28 heavy (non-hydrogen) atoms. The first-order valence-electron chi connectivity index (χ1n) is 8.46. The minimum atomic E-state index is -4.01. The molecular weight excluding hydrogens is 383 g/mol. The molecule has 0 aliphatic rings. The summed E-state index contributed by atoms with van der Waals surface area (Å²) in [5, 5.41) is 2.42. The first-order chi connectivity index (χ1) is 13.3. The molecule has 3 rings (SSSR count). The first-order valence-corrected chi connectivity index (χ1v) is 9.90. The number of aromatic nitrogens is 1. The van der Waals surface area contributed by atoms with E-state index in [1.165, 1.54) is 43.6 Å². The van der Waals surface area contributed by atoms with Crippen LogP contribution in [0, 0.1) is 12.7 Å². The number of benzene rings is 2. The molecule has 0 saturated carbocycles. The van der Waals surface area contributed by atoms with E-state index in [0.717, 1.165) is 3.97 Å². The van der Waals surface area contributed by atoms with Crippen molar-refractivity contribution in [1.29, 1.82) is 0 Å². The lowest BCUT2D eigenvalue weighted by Gasteiger charge is -2.12. The molecule has 0 spiro atoms. The van der Waals surface area contributed by atoms with Crippen LogP contribution in [0.4, 0.5) is 4.39 Å². The summed E-state index contributed by atoms with van der Waals surface area (Å²) >= 11 is 0. The number of rotatable bonds is 6. The van der Waals surface area contributed by atoms with E-state index < -0.39 is 15.8 Å². The van der Waals surface area contributed by atoms with Gasteiger partial charge in [-0.2, -0.15) is 0 Å². The van der Waals surface area contributed by atoms with E-state index >= 15 is 0 Å². The zero-order valence-electron chi connectivity index (χ0n) is 15.3. The van der Waals surface area contributed by atoms with Crippen LogP contribution in [-0.4, -0.2) is 32.0 Å². The van der Waals surface area contributed by atoms with Crippen molar-refractivity contribution in [3.63, 3.8) is 0 Å². The van der Waals surface area contributed by atoms with Gasteiger partial charge in [0.2, 0.25) is 0 Å². The Morgan fingerprint density at radius 2 is 1.89 bits per heavy atom. The number of hydrogen-bond acceptors (Lipinski definition) is 4. The predicted octanol–water partition coefficient (Wildman–Crippen LogP) is 2.96. The van der Waals surface area contributed by atoms with Crippen molar-refractivity contribution in [2.45, 2.75) is 11.8 Å². The molecule has 0 bridgehead atoms. The average Bonchev–Trinajstić information content (AvgIpc) is 3.09. The second kappa shape index (κ2) is 7.85. The third kappa shape index (κ3) is 3.91. The molecule has 1 N–H and O–H groups in total. The van der Waals surface area contributed by atoms with Gasteiger partial charge in [-0.3, -0.25) is 4.79 Å². The second-order valence-corrected chi connectivity index (χ2v) is 7.94. The number of nitrogens with one attached hydrogen (secondary N) is 1.